The summed E-state index contributed by atoms with van der Waals surface area (Å²) in [6.45, 7) is 2.42. The number of aliphatic carboxylic acids is 2. The van der Waals surface area contributed by atoms with E-state index in [2.05, 4.69) is 16.0 Å². The summed E-state index contributed by atoms with van der Waals surface area (Å²) in [5.74, 6) is -3.79. The van der Waals surface area contributed by atoms with Gasteiger partial charge >= 0.3 is 11.9 Å². The van der Waals surface area contributed by atoms with Gasteiger partial charge in [-0.15, -0.1) is 0 Å². The fourth-order valence-corrected chi connectivity index (χ4v) is 3.63. The molecule has 2 aliphatic heterocycles. The number of hydrogen-bond donors (Lipinski definition) is 5. The summed E-state index contributed by atoms with van der Waals surface area (Å²) in [6, 6.07) is -3.46. The van der Waals surface area contributed by atoms with Gasteiger partial charge in [0.05, 0.1) is 6.04 Å². The standard InChI is InChI=1S/C18H28N4O7/c1-10(17(27)22-9-3-5-13(22)18(28)29)20-16(26)12(6-7-14(23)24)21-15(25)11-4-2-8-19-11/h10-13,19H,2-9H2,1H3,(H,20,26)(H,21,25)(H,23,24)(H,28,29). The Hall–Kier alpha value is -2.69. The molecule has 2 rings (SSSR count). The number of rotatable bonds is 9. The number of carboxylic acids is 2. The predicted molar refractivity (Wildman–Crippen MR) is 99.8 cm³/mol. The molecule has 29 heavy (non-hydrogen) atoms. The third kappa shape index (κ3) is 6.14. The summed E-state index contributed by atoms with van der Waals surface area (Å²) in [5.41, 5.74) is 0. The molecule has 5 N–H and O–H groups in total. The van der Waals surface area contributed by atoms with Crippen molar-refractivity contribution in [3.8, 4) is 0 Å². The molecule has 0 radical (unpaired) electrons. The van der Waals surface area contributed by atoms with Crippen LogP contribution < -0.4 is 16.0 Å². The van der Waals surface area contributed by atoms with E-state index < -0.39 is 53.8 Å². The van der Waals surface area contributed by atoms with Crippen molar-refractivity contribution in [2.45, 2.75) is 69.6 Å². The zero-order chi connectivity index (χ0) is 21.6. The molecule has 4 unspecified atom stereocenters. The smallest absolute Gasteiger partial charge is 0.326 e. The molecule has 0 aliphatic carbocycles. The highest BCUT2D eigenvalue weighted by atomic mass is 16.4. The Bertz CT molecular complexity index is 663. The van der Waals surface area contributed by atoms with Crippen molar-refractivity contribution >= 4 is 29.7 Å². The minimum Gasteiger partial charge on any atom is -0.481 e. The Morgan fingerprint density at radius 2 is 1.83 bits per heavy atom. The van der Waals surface area contributed by atoms with Gasteiger partial charge in [-0.3, -0.25) is 19.2 Å². The molecule has 162 valence electrons. The molecule has 11 nitrogen and oxygen atoms in total. The molecule has 0 aromatic rings. The van der Waals surface area contributed by atoms with Crippen LogP contribution in [0.15, 0.2) is 0 Å². The molecule has 0 aromatic heterocycles. The molecule has 0 bridgehead atoms. The highest BCUT2D eigenvalue weighted by molar-refractivity contribution is 5.94. The number of carbonyl (C=O) groups excluding carboxylic acids is 3. The van der Waals surface area contributed by atoms with Gasteiger partial charge in [0.2, 0.25) is 17.7 Å². The number of carbonyl (C=O) groups is 5. The van der Waals surface area contributed by atoms with Crippen LogP contribution in [0.25, 0.3) is 0 Å². The van der Waals surface area contributed by atoms with Crippen LogP contribution in [0.4, 0.5) is 0 Å². The Morgan fingerprint density at radius 3 is 2.41 bits per heavy atom. The number of nitrogens with zero attached hydrogens (tertiary/aromatic N) is 1. The van der Waals surface area contributed by atoms with E-state index in [4.69, 9.17) is 5.11 Å². The normalized spacial score (nSPS) is 23.3. The summed E-state index contributed by atoms with van der Waals surface area (Å²) in [5, 5.41) is 26.2. The molecule has 2 heterocycles. The highest BCUT2D eigenvalue weighted by Crippen LogP contribution is 2.18. The second-order valence-electron chi connectivity index (χ2n) is 7.40. The topological polar surface area (TPSA) is 165 Å². The van der Waals surface area contributed by atoms with Crippen molar-refractivity contribution in [2.24, 2.45) is 0 Å². The van der Waals surface area contributed by atoms with Crippen LogP contribution in [0, 0.1) is 0 Å². The van der Waals surface area contributed by atoms with Crippen LogP contribution in [0.3, 0.4) is 0 Å². The zero-order valence-corrected chi connectivity index (χ0v) is 16.3. The Balaban J connectivity index is 1.99. The van der Waals surface area contributed by atoms with E-state index in [1.165, 1.54) is 11.8 Å². The van der Waals surface area contributed by atoms with Gasteiger partial charge in [-0.1, -0.05) is 0 Å². The van der Waals surface area contributed by atoms with Crippen molar-refractivity contribution in [3.63, 3.8) is 0 Å². The summed E-state index contributed by atoms with van der Waals surface area (Å²) in [7, 11) is 0. The van der Waals surface area contributed by atoms with Gasteiger partial charge in [0.1, 0.15) is 18.1 Å². The van der Waals surface area contributed by atoms with Gasteiger partial charge in [-0.25, -0.2) is 4.79 Å². The van der Waals surface area contributed by atoms with E-state index in [0.717, 1.165) is 6.42 Å². The second kappa shape index (κ2) is 10.2. The van der Waals surface area contributed by atoms with Crippen molar-refractivity contribution in [2.75, 3.05) is 13.1 Å². The van der Waals surface area contributed by atoms with Crippen molar-refractivity contribution in [1.82, 2.24) is 20.9 Å². The first kappa shape index (κ1) is 22.6. The summed E-state index contributed by atoms with van der Waals surface area (Å²) < 4.78 is 0. The van der Waals surface area contributed by atoms with Crippen LogP contribution >= 0.6 is 0 Å². The molecule has 0 spiro atoms. The Kier molecular flexibility index (Phi) is 7.94. The number of nitrogens with one attached hydrogen (secondary N) is 3. The molecule has 2 saturated heterocycles. The highest BCUT2D eigenvalue weighted by Gasteiger charge is 2.37. The first-order chi connectivity index (χ1) is 13.7. The fraction of sp³-hybridized carbons (Fsp3) is 0.722. The van der Waals surface area contributed by atoms with Crippen LogP contribution in [-0.4, -0.2) is 82.0 Å². The Labute approximate surface area is 168 Å². The van der Waals surface area contributed by atoms with E-state index in [9.17, 15) is 29.1 Å². The fourth-order valence-electron chi connectivity index (χ4n) is 3.63. The minimum absolute atomic E-state index is 0.123. The van der Waals surface area contributed by atoms with Crippen molar-refractivity contribution < 1.29 is 34.2 Å². The zero-order valence-electron chi connectivity index (χ0n) is 16.3. The third-order valence-corrected chi connectivity index (χ3v) is 5.21. The minimum atomic E-state index is -1.11. The summed E-state index contributed by atoms with van der Waals surface area (Å²) in [6.07, 6.45) is 1.92. The number of carboxylic acid groups (broad SMARTS) is 2. The van der Waals surface area contributed by atoms with Gasteiger partial charge in [0, 0.05) is 13.0 Å². The average molecular weight is 412 g/mol. The van der Waals surface area contributed by atoms with Gasteiger partial charge in [-0.05, 0) is 45.6 Å². The molecule has 0 aromatic carbocycles. The monoisotopic (exact) mass is 412 g/mol. The molecular weight excluding hydrogens is 384 g/mol. The molecule has 4 atom stereocenters. The lowest BCUT2D eigenvalue weighted by molar-refractivity contribution is -0.149. The quantitative estimate of drug-likeness (QED) is 0.311. The van der Waals surface area contributed by atoms with Crippen molar-refractivity contribution in [3.05, 3.63) is 0 Å². The van der Waals surface area contributed by atoms with E-state index in [0.29, 0.717) is 32.4 Å². The first-order valence-corrected chi connectivity index (χ1v) is 9.80. The maximum Gasteiger partial charge on any atom is 0.326 e. The van der Waals surface area contributed by atoms with E-state index in [1.807, 2.05) is 0 Å². The Morgan fingerprint density at radius 1 is 1.10 bits per heavy atom. The molecule has 11 heteroatoms. The van der Waals surface area contributed by atoms with Crippen molar-refractivity contribution in [1.29, 1.82) is 0 Å². The predicted octanol–water partition coefficient (Wildman–Crippen LogP) is -1.33. The molecular formula is C18H28N4O7. The third-order valence-electron chi connectivity index (χ3n) is 5.21. The van der Waals surface area contributed by atoms with E-state index >= 15 is 0 Å². The molecule has 0 saturated carbocycles. The van der Waals surface area contributed by atoms with Gasteiger partial charge in [-0.2, -0.15) is 0 Å². The molecule has 2 aliphatic rings. The first-order valence-electron chi connectivity index (χ1n) is 9.80. The van der Waals surface area contributed by atoms with Crippen LogP contribution in [0.2, 0.25) is 0 Å². The SMILES string of the molecule is CC(NC(=O)C(CCC(=O)O)NC(=O)C1CCCN1)C(=O)N1CCCC1C(=O)O. The number of amides is 3. The lowest BCUT2D eigenvalue weighted by Gasteiger charge is -2.27. The molecule has 2 fully saturated rings. The van der Waals surface area contributed by atoms with Gasteiger partial charge < -0.3 is 31.1 Å². The maximum absolute atomic E-state index is 12.6. The summed E-state index contributed by atoms with van der Waals surface area (Å²) in [4.78, 5) is 60.9. The second-order valence-corrected chi connectivity index (χ2v) is 7.40. The van der Waals surface area contributed by atoms with Crippen LogP contribution in [0.1, 0.15) is 45.4 Å². The van der Waals surface area contributed by atoms with Gasteiger partial charge in [0.25, 0.3) is 0 Å². The lowest BCUT2D eigenvalue weighted by Crippen LogP contribution is -2.56. The number of likely N-dealkylation sites (tertiary alicyclic amines) is 1. The average Bonchev–Trinajstić information content (AvgIpc) is 3.35. The van der Waals surface area contributed by atoms with E-state index in [-0.39, 0.29) is 12.8 Å². The van der Waals surface area contributed by atoms with Gasteiger partial charge in [0.15, 0.2) is 0 Å². The van der Waals surface area contributed by atoms with Crippen LogP contribution in [-0.2, 0) is 24.0 Å². The lowest BCUT2D eigenvalue weighted by atomic mass is 10.1. The molecule has 3 amide bonds. The van der Waals surface area contributed by atoms with E-state index in [1.54, 1.807) is 0 Å². The summed E-state index contributed by atoms with van der Waals surface area (Å²) >= 11 is 0. The maximum atomic E-state index is 12.6. The largest absolute Gasteiger partial charge is 0.481 e. The van der Waals surface area contributed by atoms with Crippen LogP contribution in [0.5, 0.6) is 0 Å². The number of hydrogen-bond acceptors (Lipinski definition) is 6.